The van der Waals surface area contributed by atoms with Gasteiger partial charge in [-0.3, -0.25) is 0 Å². The Hall–Kier alpha value is -1.86. The number of aromatic amines is 1. The van der Waals surface area contributed by atoms with E-state index < -0.39 is 10.0 Å². The highest BCUT2D eigenvalue weighted by Gasteiger charge is 2.24. The Labute approximate surface area is 118 Å². The van der Waals surface area contributed by atoms with E-state index in [-0.39, 0.29) is 5.03 Å². The number of benzene rings is 1. The van der Waals surface area contributed by atoms with E-state index in [9.17, 15) is 8.42 Å². The molecule has 0 aliphatic rings. The van der Waals surface area contributed by atoms with Crippen LogP contribution in [0.1, 0.15) is 12.5 Å². The molecule has 20 heavy (non-hydrogen) atoms. The maximum atomic E-state index is 12.4. The lowest BCUT2D eigenvalue weighted by Crippen LogP contribution is -2.30. The van der Waals surface area contributed by atoms with Crippen LogP contribution < -0.4 is 4.74 Å². The van der Waals surface area contributed by atoms with Gasteiger partial charge in [-0.2, -0.15) is 4.31 Å². The van der Waals surface area contributed by atoms with Crippen molar-refractivity contribution in [2.45, 2.75) is 18.5 Å². The number of ether oxygens (including phenoxy) is 1. The van der Waals surface area contributed by atoms with E-state index in [0.29, 0.717) is 13.1 Å². The van der Waals surface area contributed by atoms with Crippen molar-refractivity contribution in [3.8, 4) is 5.75 Å². The second-order valence-corrected chi connectivity index (χ2v) is 6.10. The van der Waals surface area contributed by atoms with Gasteiger partial charge in [0.15, 0.2) is 5.03 Å². The number of nitrogens with one attached hydrogen (secondary N) is 1. The Balaban J connectivity index is 2.20. The zero-order chi connectivity index (χ0) is 14.6. The molecule has 0 unspecified atom stereocenters. The van der Waals surface area contributed by atoms with Crippen LogP contribution in [-0.2, 0) is 16.6 Å². The second-order valence-electron chi connectivity index (χ2n) is 4.20. The fraction of sp³-hybridized carbons (Fsp3) is 0.308. The molecule has 0 saturated carbocycles. The molecule has 2 aromatic rings. The van der Waals surface area contributed by atoms with E-state index in [1.165, 1.54) is 16.8 Å². The lowest BCUT2D eigenvalue weighted by atomic mass is 10.2. The van der Waals surface area contributed by atoms with Crippen LogP contribution in [0, 0.1) is 0 Å². The molecule has 0 spiro atoms. The normalized spacial score (nSPS) is 11.8. The SMILES string of the molecule is CCN(Cc1ccc(OC)cc1)S(=O)(=O)c1cnc[nH]1. The summed E-state index contributed by atoms with van der Waals surface area (Å²) in [6.07, 6.45) is 2.67. The Bertz CT molecular complexity index is 636. The fourth-order valence-electron chi connectivity index (χ4n) is 1.82. The summed E-state index contributed by atoms with van der Waals surface area (Å²) in [4.78, 5) is 6.39. The lowest BCUT2D eigenvalue weighted by Gasteiger charge is -2.19. The minimum absolute atomic E-state index is 0.105. The van der Waals surface area contributed by atoms with Crippen molar-refractivity contribution in [3.05, 3.63) is 42.4 Å². The average Bonchev–Trinajstić information content (AvgIpc) is 3.00. The molecule has 2 rings (SSSR count). The predicted octanol–water partition coefficient (Wildman–Crippen LogP) is 1.63. The first-order chi connectivity index (χ1) is 9.57. The van der Waals surface area contributed by atoms with Gasteiger partial charge in [-0.05, 0) is 17.7 Å². The van der Waals surface area contributed by atoms with E-state index in [0.717, 1.165) is 11.3 Å². The van der Waals surface area contributed by atoms with Crippen LogP contribution in [0.3, 0.4) is 0 Å². The van der Waals surface area contributed by atoms with E-state index in [1.54, 1.807) is 14.0 Å². The molecule has 0 fully saturated rings. The van der Waals surface area contributed by atoms with Crippen molar-refractivity contribution in [2.75, 3.05) is 13.7 Å². The maximum Gasteiger partial charge on any atom is 0.260 e. The Morgan fingerprint density at radius 2 is 2.00 bits per heavy atom. The third kappa shape index (κ3) is 3.00. The predicted molar refractivity (Wildman–Crippen MR) is 74.9 cm³/mol. The fourth-order valence-corrected chi connectivity index (χ4v) is 3.16. The van der Waals surface area contributed by atoms with Crippen LogP contribution >= 0.6 is 0 Å². The molecule has 1 aromatic carbocycles. The number of sulfonamides is 1. The van der Waals surface area contributed by atoms with Crippen molar-refractivity contribution >= 4 is 10.0 Å². The number of imidazole rings is 1. The van der Waals surface area contributed by atoms with Gasteiger partial charge < -0.3 is 9.72 Å². The quantitative estimate of drug-likeness (QED) is 0.879. The van der Waals surface area contributed by atoms with Crippen molar-refractivity contribution in [2.24, 2.45) is 0 Å². The van der Waals surface area contributed by atoms with Crippen molar-refractivity contribution in [1.82, 2.24) is 14.3 Å². The van der Waals surface area contributed by atoms with Gasteiger partial charge in [-0.15, -0.1) is 0 Å². The smallest absolute Gasteiger partial charge is 0.260 e. The standard InChI is InChI=1S/C13H17N3O3S/c1-3-16(20(17,18)13-8-14-10-15-13)9-11-4-6-12(19-2)7-5-11/h4-8,10H,3,9H2,1-2H3,(H,14,15). The molecule has 0 amide bonds. The zero-order valence-corrected chi connectivity index (χ0v) is 12.2. The van der Waals surface area contributed by atoms with E-state index in [2.05, 4.69) is 9.97 Å². The van der Waals surface area contributed by atoms with Crippen molar-refractivity contribution < 1.29 is 13.2 Å². The zero-order valence-electron chi connectivity index (χ0n) is 11.4. The molecule has 1 aromatic heterocycles. The van der Waals surface area contributed by atoms with Gasteiger partial charge in [-0.1, -0.05) is 19.1 Å². The number of hydrogen-bond donors (Lipinski definition) is 1. The van der Waals surface area contributed by atoms with Crippen LogP contribution in [0.25, 0.3) is 0 Å². The number of methoxy groups -OCH3 is 1. The van der Waals surface area contributed by atoms with Crippen LogP contribution in [0.4, 0.5) is 0 Å². The lowest BCUT2D eigenvalue weighted by molar-refractivity contribution is 0.411. The number of nitrogens with zero attached hydrogens (tertiary/aromatic N) is 2. The highest BCUT2D eigenvalue weighted by atomic mass is 32.2. The topological polar surface area (TPSA) is 75.3 Å². The summed E-state index contributed by atoms with van der Waals surface area (Å²) >= 11 is 0. The minimum atomic E-state index is -3.54. The molecular formula is C13H17N3O3S. The van der Waals surface area contributed by atoms with E-state index >= 15 is 0 Å². The van der Waals surface area contributed by atoms with E-state index in [1.807, 2.05) is 24.3 Å². The highest BCUT2D eigenvalue weighted by molar-refractivity contribution is 7.89. The summed E-state index contributed by atoms with van der Waals surface area (Å²) in [5.74, 6) is 0.744. The third-order valence-corrected chi connectivity index (χ3v) is 4.81. The summed E-state index contributed by atoms with van der Waals surface area (Å²) < 4.78 is 31.2. The Morgan fingerprint density at radius 1 is 1.30 bits per heavy atom. The third-order valence-electron chi connectivity index (χ3n) is 2.96. The molecule has 7 heteroatoms. The molecule has 6 nitrogen and oxygen atoms in total. The first kappa shape index (κ1) is 14.5. The van der Waals surface area contributed by atoms with Crippen LogP contribution in [0.2, 0.25) is 0 Å². The Kier molecular flexibility index (Phi) is 4.41. The second kappa shape index (κ2) is 6.06. The summed E-state index contributed by atoms with van der Waals surface area (Å²) in [5.41, 5.74) is 0.899. The molecule has 0 aliphatic carbocycles. The largest absolute Gasteiger partial charge is 0.497 e. The van der Waals surface area contributed by atoms with Gasteiger partial charge >= 0.3 is 0 Å². The van der Waals surface area contributed by atoms with Crippen molar-refractivity contribution in [3.63, 3.8) is 0 Å². The molecule has 0 aliphatic heterocycles. The highest BCUT2D eigenvalue weighted by Crippen LogP contribution is 2.17. The number of rotatable bonds is 6. The van der Waals surface area contributed by atoms with Crippen molar-refractivity contribution in [1.29, 1.82) is 0 Å². The molecule has 0 bridgehead atoms. The first-order valence-corrected chi connectivity index (χ1v) is 7.63. The number of aromatic nitrogens is 2. The summed E-state index contributed by atoms with van der Waals surface area (Å²) in [7, 11) is -1.94. The number of hydrogen-bond acceptors (Lipinski definition) is 4. The van der Waals surface area contributed by atoms with Gasteiger partial charge in [0.25, 0.3) is 10.0 Å². The van der Waals surface area contributed by atoms with Crippen LogP contribution in [-0.4, -0.2) is 36.3 Å². The molecular weight excluding hydrogens is 278 g/mol. The minimum Gasteiger partial charge on any atom is -0.497 e. The first-order valence-electron chi connectivity index (χ1n) is 6.19. The summed E-state index contributed by atoms with van der Waals surface area (Å²) in [6, 6.07) is 7.33. The monoisotopic (exact) mass is 295 g/mol. The molecule has 0 saturated heterocycles. The van der Waals surface area contributed by atoms with Gasteiger partial charge in [0.05, 0.1) is 19.6 Å². The molecule has 1 heterocycles. The van der Waals surface area contributed by atoms with Gasteiger partial charge in [-0.25, -0.2) is 13.4 Å². The van der Waals surface area contributed by atoms with Gasteiger partial charge in [0, 0.05) is 13.1 Å². The molecule has 0 atom stereocenters. The Morgan fingerprint density at radius 3 is 2.50 bits per heavy atom. The average molecular weight is 295 g/mol. The van der Waals surface area contributed by atoms with Crippen LogP contribution in [0.15, 0.2) is 41.8 Å². The molecule has 1 N–H and O–H groups in total. The van der Waals surface area contributed by atoms with E-state index in [4.69, 9.17) is 4.74 Å². The van der Waals surface area contributed by atoms with Gasteiger partial charge in [0.2, 0.25) is 0 Å². The molecule has 108 valence electrons. The summed E-state index contributed by atoms with van der Waals surface area (Å²) in [6.45, 7) is 2.49. The maximum absolute atomic E-state index is 12.4. The van der Waals surface area contributed by atoms with Gasteiger partial charge in [0.1, 0.15) is 5.75 Å². The summed E-state index contributed by atoms with van der Waals surface area (Å²) in [5, 5.41) is 0.105. The molecule has 0 radical (unpaired) electrons. The van der Waals surface area contributed by atoms with Crippen LogP contribution in [0.5, 0.6) is 5.75 Å². The number of H-pyrrole nitrogens is 1.